The van der Waals surface area contributed by atoms with Crippen molar-refractivity contribution in [3.8, 4) is 0 Å². The second kappa shape index (κ2) is 4.40. The fraction of sp³-hybridized carbons (Fsp3) is 0.364. The van der Waals surface area contributed by atoms with Gasteiger partial charge in [-0.1, -0.05) is 12.1 Å². The molecule has 1 rings (SSSR count). The van der Waals surface area contributed by atoms with Crippen LogP contribution in [-0.2, 0) is 11.2 Å². The van der Waals surface area contributed by atoms with Crippen LogP contribution in [0.1, 0.15) is 12.5 Å². The van der Waals surface area contributed by atoms with Gasteiger partial charge < -0.3 is 10.8 Å². The molecule has 82 valence electrons. The molecule has 0 aliphatic heterocycles. The fourth-order valence-electron chi connectivity index (χ4n) is 1.29. The van der Waals surface area contributed by atoms with Gasteiger partial charge in [0.25, 0.3) is 0 Å². The molecule has 0 spiro atoms. The molecule has 4 heteroatoms. The van der Waals surface area contributed by atoms with Crippen molar-refractivity contribution >= 4 is 5.97 Å². The summed E-state index contributed by atoms with van der Waals surface area (Å²) >= 11 is 0. The molecule has 0 amide bonds. The molecular weight excluding hydrogens is 197 g/mol. The fourth-order valence-corrected chi connectivity index (χ4v) is 1.29. The highest BCUT2D eigenvalue weighted by Gasteiger charge is 2.31. The van der Waals surface area contributed by atoms with Gasteiger partial charge in [-0.2, -0.15) is 0 Å². The molecule has 1 atom stereocenters. The van der Waals surface area contributed by atoms with Crippen LogP contribution < -0.4 is 5.73 Å². The Morgan fingerprint density at radius 2 is 2.00 bits per heavy atom. The van der Waals surface area contributed by atoms with Crippen LogP contribution >= 0.6 is 0 Å². The summed E-state index contributed by atoms with van der Waals surface area (Å²) in [4.78, 5) is 11.0. The van der Waals surface area contributed by atoms with Crippen LogP contribution in [0.5, 0.6) is 0 Å². The maximum Gasteiger partial charge on any atom is 0.310 e. The van der Waals surface area contributed by atoms with Crippen molar-refractivity contribution in [3.05, 3.63) is 35.6 Å². The van der Waals surface area contributed by atoms with Gasteiger partial charge in [0.05, 0.1) is 5.41 Å². The van der Waals surface area contributed by atoms with Crippen molar-refractivity contribution in [1.82, 2.24) is 0 Å². The molecule has 0 fully saturated rings. The molecule has 0 saturated carbocycles. The van der Waals surface area contributed by atoms with Gasteiger partial charge in [0.15, 0.2) is 0 Å². The SMILES string of the molecule is CC(CN)(Cc1ccc(F)cc1)C(=O)O. The summed E-state index contributed by atoms with van der Waals surface area (Å²) < 4.78 is 12.6. The van der Waals surface area contributed by atoms with Crippen LogP contribution in [0, 0.1) is 11.2 Å². The van der Waals surface area contributed by atoms with E-state index in [0.29, 0.717) is 6.42 Å². The molecule has 1 unspecified atom stereocenters. The summed E-state index contributed by atoms with van der Waals surface area (Å²) in [6.45, 7) is 1.64. The Morgan fingerprint density at radius 3 is 2.40 bits per heavy atom. The first kappa shape index (κ1) is 11.7. The Labute approximate surface area is 87.7 Å². The standard InChI is InChI=1S/C11H14FNO2/c1-11(7-13,10(14)15)6-8-2-4-9(12)5-3-8/h2-5H,6-7,13H2,1H3,(H,14,15). The molecule has 0 saturated heterocycles. The lowest BCUT2D eigenvalue weighted by Gasteiger charge is -2.22. The zero-order valence-corrected chi connectivity index (χ0v) is 8.53. The zero-order chi connectivity index (χ0) is 11.5. The Hall–Kier alpha value is -1.42. The number of aliphatic carboxylic acids is 1. The zero-order valence-electron chi connectivity index (χ0n) is 8.53. The van der Waals surface area contributed by atoms with E-state index in [2.05, 4.69) is 0 Å². The highest BCUT2D eigenvalue weighted by atomic mass is 19.1. The van der Waals surface area contributed by atoms with E-state index in [1.807, 2.05) is 0 Å². The van der Waals surface area contributed by atoms with E-state index in [0.717, 1.165) is 5.56 Å². The first-order valence-electron chi connectivity index (χ1n) is 4.66. The van der Waals surface area contributed by atoms with Crippen molar-refractivity contribution in [2.24, 2.45) is 11.1 Å². The minimum absolute atomic E-state index is 0.0553. The normalized spacial score (nSPS) is 14.6. The van der Waals surface area contributed by atoms with Crippen molar-refractivity contribution in [1.29, 1.82) is 0 Å². The van der Waals surface area contributed by atoms with Crippen LogP contribution in [-0.4, -0.2) is 17.6 Å². The maximum absolute atomic E-state index is 12.6. The van der Waals surface area contributed by atoms with Crippen LogP contribution in [0.3, 0.4) is 0 Å². The number of carboxylic acid groups (broad SMARTS) is 1. The number of hydrogen-bond acceptors (Lipinski definition) is 2. The number of carboxylic acids is 1. The van der Waals surface area contributed by atoms with Crippen LogP contribution in [0.4, 0.5) is 4.39 Å². The lowest BCUT2D eigenvalue weighted by Crippen LogP contribution is -2.37. The van der Waals surface area contributed by atoms with E-state index in [-0.39, 0.29) is 12.4 Å². The number of benzene rings is 1. The van der Waals surface area contributed by atoms with Gasteiger partial charge >= 0.3 is 5.97 Å². The predicted octanol–water partition coefficient (Wildman–Crippen LogP) is 1.42. The Bertz CT molecular complexity index is 350. The number of nitrogens with two attached hydrogens (primary N) is 1. The largest absolute Gasteiger partial charge is 0.481 e. The molecule has 15 heavy (non-hydrogen) atoms. The van der Waals surface area contributed by atoms with Crippen molar-refractivity contribution in [2.75, 3.05) is 6.54 Å². The summed E-state index contributed by atoms with van der Waals surface area (Å²) in [5.74, 6) is -1.27. The quantitative estimate of drug-likeness (QED) is 0.791. The summed E-state index contributed by atoms with van der Waals surface area (Å²) in [7, 11) is 0. The average molecular weight is 211 g/mol. The molecule has 1 aromatic carbocycles. The molecule has 0 aliphatic carbocycles. The van der Waals surface area contributed by atoms with Gasteiger partial charge in [-0.05, 0) is 31.0 Å². The Morgan fingerprint density at radius 1 is 1.47 bits per heavy atom. The maximum atomic E-state index is 12.6. The third-order valence-electron chi connectivity index (χ3n) is 2.47. The minimum atomic E-state index is -0.988. The molecule has 0 radical (unpaired) electrons. The molecular formula is C11H14FNO2. The second-order valence-corrected chi connectivity index (χ2v) is 3.87. The van der Waals surface area contributed by atoms with Gasteiger partial charge in [-0.25, -0.2) is 4.39 Å². The van der Waals surface area contributed by atoms with E-state index in [4.69, 9.17) is 10.8 Å². The van der Waals surface area contributed by atoms with E-state index < -0.39 is 11.4 Å². The average Bonchev–Trinajstić information content (AvgIpc) is 2.21. The van der Waals surface area contributed by atoms with E-state index in [1.165, 1.54) is 12.1 Å². The number of rotatable bonds is 4. The lowest BCUT2D eigenvalue weighted by molar-refractivity contribution is -0.147. The van der Waals surface area contributed by atoms with Crippen molar-refractivity contribution in [2.45, 2.75) is 13.3 Å². The lowest BCUT2D eigenvalue weighted by atomic mass is 9.84. The highest BCUT2D eigenvalue weighted by molar-refractivity contribution is 5.74. The van der Waals surface area contributed by atoms with E-state index >= 15 is 0 Å². The predicted molar refractivity (Wildman–Crippen MR) is 54.9 cm³/mol. The minimum Gasteiger partial charge on any atom is -0.481 e. The summed E-state index contributed by atoms with van der Waals surface area (Å²) in [6.07, 6.45) is 0.305. The first-order valence-corrected chi connectivity index (χ1v) is 4.66. The van der Waals surface area contributed by atoms with Gasteiger partial charge in [-0.3, -0.25) is 4.79 Å². The number of carbonyl (C=O) groups is 1. The van der Waals surface area contributed by atoms with E-state index in [9.17, 15) is 9.18 Å². The van der Waals surface area contributed by atoms with Crippen molar-refractivity contribution in [3.63, 3.8) is 0 Å². The summed E-state index contributed by atoms with van der Waals surface area (Å²) in [6, 6.07) is 5.78. The molecule has 3 nitrogen and oxygen atoms in total. The van der Waals surface area contributed by atoms with Gasteiger partial charge in [0.1, 0.15) is 5.82 Å². The van der Waals surface area contributed by atoms with Crippen LogP contribution in [0.15, 0.2) is 24.3 Å². The number of halogens is 1. The molecule has 3 N–H and O–H groups in total. The van der Waals surface area contributed by atoms with E-state index in [1.54, 1.807) is 19.1 Å². The smallest absolute Gasteiger partial charge is 0.310 e. The summed E-state index contributed by atoms with van der Waals surface area (Å²) in [5, 5.41) is 8.99. The molecule has 1 aromatic rings. The van der Waals surface area contributed by atoms with Gasteiger partial charge in [0.2, 0.25) is 0 Å². The van der Waals surface area contributed by atoms with Crippen molar-refractivity contribution < 1.29 is 14.3 Å². The van der Waals surface area contributed by atoms with Gasteiger partial charge in [0, 0.05) is 6.54 Å². The summed E-state index contributed by atoms with van der Waals surface area (Å²) in [5.41, 5.74) is 5.21. The molecule has 0 aromatic heterocycles. The molecule has 0 heterocycles. The monoisotopic (exact) mass is 211 g/mol. The third-order valence-corrected chi connectivity index (χ3v) is 2.47. The molecule has 0 aliphatic rings. The van der Waals surface area contributed by atoms with Gasteiger partial charge in [-0.15, -0.1) is 0 Å². The highest BCUT2D eigenvalue weighted by Crippen LogP contribution is 2.21. The Kier molecular flexibility index (Phi) is 3.42. The first-order chi connectivity index (χ1) is 6.98. The second-order valence-electron chi connectivity index (χ2n) is 3.87. The van der Waals surface area contributed by atoms with Crippen LogP contribution in [0.25, 0.3) is 0 Å². The molecule has 0 bridgehead atoms. The van der Waals surface area contributed by atoms with Crippen LogP contribution in [0.2, 0.25) is 0 Å². The Balaban J connectivity index is 2.84. The number of hydrogen-bond donors (Lipinski definition) is 2. The third kappa shape index (κ3) is 2.76. The topological polar surface area (TPSA) is 63.3 Å².